The van der Waals surface area contributed by atoms with Crippen LogP contribution in [0.5, 0.6) is 0 Å². The summed E-state index contributed by atoms with van der Waals surface area (Å²) in [6, 6.07) is -0.297. The van der Waals surface area contributed by atoms with Gasteiger partial charge in [-0.3, -0.25) is 9.59 Å². The van der Waals surface area contributed by atoms with Crippen LogP contribution in [0.1, 0.15) is 26.2 Å². The molecular formula is C9H18N2O2. The van der Waals surface area contributed by atoms with E-state index in [9.17, 15) is 9.59 Å². The summed E-state index contributed by atoms with van der Waals surface area (Å²) in [6.45, 7) is 2.45. The highest BCUT2D eigenvalue weighted by Crippen LogP contribution is 2.00. The minimum absolute atomic E-state index is 0.0246. The van der Waals surface area contributed by atoms with Gasteiger partial charge < -0.3 is 10.6 Å². The zero-order valence-electron chi connectivity index (χ0n) is 8.30. The highest BCUT2D eigenvalue weighted by Gasteiger charge is 2.11. The lowest BCUT2D eigenvalue weighted by atomic mass is 10.1. The Hall–Kier alpha value is -0.900. The molecule has 0 heterocycles. The number of rotatable bonds is 8. The molecule has 0 rings (SSSR count). The van der Waals surface area contributed by atoms with Gasteiger partial charge in [0.2, 0.25) is 6.41 Å². The summed E-state index contributed by atoms with van der Waals surface area (Å²) in [6.07, 6.45) is 3.30. The Morgan fingerprint density at radius 2 is 2.15 bits per heavy atom. The Bertz CT molecular complexity index is 160. The highest BCUT2D eigenvalue weighted by molar-refractivity contribution is 5.83. The fourth-order valence-corrected chi connectivity index (χ4v) is 1.14. The summed E-state index contributed by atoms with van der Waals surface area (Å²) in [7, 11) is 1.89. The molecule has 0 saturated heterocycles. The lowest BCUT2D eigenvalue weighted by Crippen LogP contribution is -2.34. The minimum Gasteiger partial charge on any atom is -0.349 e. The van der Waals surface area contributed by atoms with Gasteiger partial charge in [-0.1, -0.05) is 0 Å². The monoisotopic (exact) mass is 186 g/mol. The number of hydrogen-bond donors (Lipinski definition) is 2. The van der Waals surface area contributed by atoms with Crippen molar-refractivity contribution in [1.29, 1.82) is 0 Å². The number of carbonyl (C=O) groups excluding carboxylic acids is 2. The zero-order valence-corrected chi connectivity index (χ0v) is 8.30. The molecule has 4 nitrogen and oxygen atoms in total. The normalized spacial score (nSPS) is 12.2. The predicted molar refractivity (Wildman–Crippen MR) is 51.4 cm³/mol. The Morgan fingerprint density at radius 1 is 1.46 bits per heavy atom. The van der Waals surface area contributed by atoms with Crippen LogP contribution < -0.4 is 10.6 Å². The van der Waals surface area contributed by atoms with Gasteiger partial charge in [0.05, 0.1) is 6.04 Å². The maximum atomic E-state index is 11.0. The fourth-order valence-electron chi connectivity index (χ4n) is 1.14. The summed E-state index contributed by atoms with van der Waals surface area (Å²) in [5.74, 6) is 0.0246. The number of hydrogen-bond acceptors (Lipinski definition) is 3. The van der Waals surface area contributed by atoms with Gasteiger partial charge in [-0.15, -0.1) is 0 Å². The van der Waals surface area contributed by atoms with Crippen molar-refractivity contribution < 1.29 is 9.59 Å². The smallest absolute Gasteiger partial charge is 0.207 e. The molecule has 4 heteroatoms. The van der Waals surface area contributed by atoms with Crippen LogP contribution in [-0.2, 0) is 9.59 Å². The minimum atomic E-state index is -0.297. The summed E-state index contributed by atoms with van der Waals surface area (Å²) in [5, 5.41) is 5.54. The highest BCUT2D eigenvalue weighted by atomic mass is 16.1. The van der Waals surface area contributed by atoms with Crippen LogP contribution in [0.15, 0.2) is 0 Å². The summed E-state index contributed by atoms with van der Waals surface area (Å²) < 4.78 is 0. The topological polar surface area (TPSA) is 58.2 Å². The largest absolute Gasteiger partial charge is 0.349 e. The third-order valence-electron chi connectivity index (χ3n) is 1.93. The van der Waals surface area contributed by atoms with Crippen LogP contribution in [0.3, 0.4) is 0 Å². The van der Waals surface area contributed by atoms with Crippen LogP contribution in [0, 0.1) is 0 Å². The van der Waals surface area contributed by atoms with Crippen molar-refractivity contribution in [3.05, 3.63) is 0 Å². The molecule has 0 aliphatic rings. The molecular weight excluding hydrogens is 168 g/mol. The summed E-state index contributed by atoms with van der Waals surface area (Å²) >= 11 is 0. The first-order valence-corrected chi connectivity index (χ1v) is 4.57. The second-order valence-corrected chi connectivity index (χ2v) is 3.05. The molecule has 0 aliphatic carbocycles. The lowest BCUT2D eigenvalue weighted by molar-refractivity contribution is -0.122. The average molecular weight is 186 g/mol. The van der Waals surface area contributed by atoms with Crippen LogP contribution in [-0.4, -0.2) is 31.8 Å². The maximum Gasteiger partial charge on any atom is 0.207 e. The second kappa shape index (κ2) is 7.73. The van der Waals surface area contributed by atoms with Crippen LogP contribution in [0.4, 0.5) is 0 Å². The van der Waals surface area contributed by atoms with Gasteiger partial charge in [-0.05, 0) is 39.8 Å². The van der Waals surface area contributed by atoms with E-state index in [0.29, 0.717) is 6.41 Å². The van der Waals surface area contributed by atoms with E-state index in [0.717, 1.165) is 25.8 Å². The molecule has 0 fully saturated rings. The van der Waals surface area contributed by atoms with Crippen molar-refractivity contribution in [1.82, 2.24) is 10.6 Å². The van der Waals surface area contributed by atoms with Crippen LogP contribution in [0.2, 0.25) is 0 Å². The molecule has 0 spiro atoms. The van der Waals surface area contributed by atoms with Gasteiger partial charge in [0, 0.05) is 0 Å². The number of carbonyl (C=O) groups is 2. The van der Waals surface area contributed by atoms with E-state index in [1.54, 1.807) is 0 Å². The van der Waals surface area contributed by atoms with Gasteiger partial charge >= 0.3 is 0 Å². The SMILES string of the molecule is CNCCCCC(NC=O)C(C)=O. The van der Waals surface area contributed by atoms with Crippen molar-refractivity contribution in [3.8, 4) is 0 Å². The Kier molecular flexibility index (Phi) is 7.20. The van der Waals surface area contributed by atoms with E-state index in [1.807, 2.05) is 7.05 Å². The fraction of sp³-hybridized carbons (Fsp3) is 0.778. The molecule has 0 aromatic rings. The number of amides is 1. The van der Waals surface area contributed by atoms with Gasteiger partial charge in [-0.25, -0.2) is 0 Å². The molecule has 0 saturated carbocycles. The van der Waals surface area contributed by atoms with E-state index in [1.165, 1.54) is 6.92 Å². The first-order chi connectivity index (χ1) is 6.22. The van der Waals surface area contributed by atoms with Crippen molar-refractivity contribution in [2.24, 2.45) is 0 Å². The van der Waals surface area contributed by atoms with E-state index < -0.39 is 0 Å². The van der Waals surface area contributed by atoms with Gasteiger partial charge in [0.15, 0.2) is 5.78 Å². The maximum absolute atomic E-state index is 11.0. The van der Waals surface area contributed by atoms with Gasteiger partial charge in [0.1, 0.15) is 0 Å². The molecule has 0 bridgehead atoms. The summed E-state index contributed by atoms with van der Waals surface area (Å²) in [5.41, 5.74) is 0. The van der Waals surface area contributed by atoms with Gasteiger partial charge in [0.25, 0.3) is 0 Å². The van der Waals surface area contributed by atoms with Crippen molar-refractivity contribution in [3.63, 3.8) is 0 Å². The second-order valence-electron chi connectivity index (χ2n) is 3.05. The molecule has 0 aromatic heterocycles. The zero-order chi connectivity index (χ0) is 10.1. The molecule has 2 N–H and O–H groups in total. The first-order valence-electron chi connectivity index (χ1n) is 4.57. The summed E-state index contributed by atoms with van der Waals surface area (Å²) in [4.78, 5) is 21.1. The molecule has 76 valence electrons. The van der Waals surface area contributed by atoms with Crippen LogP contribution in [0.25, 0.3) is 0 Å². The number of Topliss-reactive ketones (excluding diaryl/α,β-unsaturated/α-hetero) is 1. The number of nitrogens with one attached hydrogen (secondary N) is 2. The van der Waals surface area contributed by atoms with Crippen molar-refractivity contribution in [2.75, 3.05) is 13.6 Å². The third kappa shape index (κ3) is 6.28. The Morgan fingerprint density at radius 3 is 2.62 bits per heavy atom. The number of ketones is 1. The first kappa shape index (κ1) is 12.1. The molecule has 13 heavy (non-hydrogen) atoms. The van der Waals surface area contributed by atoms with E-state index in [-0.39, 0.29) is 11.8 Å². The molecule has 1 atom stereocenters. The molecule has 0 aromatic carbocycles. The average Bonchev–Trinajstić information content (AvgIpc) is 2.10. The van der Waals surface area contributed by atoms with Crippen molar-refractivity contribution in [2.45, 2.75) is 32.2 Å². The van der Waals surface area contributed by atoms with Crippen LogP contribution >= 0.6 is 0 Å². The Labute approximate surface area is 79.1 Å². The van der Waals surface area contributed by atoms with Crippen molar-refractivity contribution >= 4 is 12.2 Å². The third-order valence-corrected chi connectivity index (χ3v) is 1.93. The van der Waals surface area contributed by atoms with E-state index in [4.69, 9.17) is 0 Å². The number of unbranched alkanes of at least 4 members (excludes halogenated alkanes) is 1. The molecule has 1 unspecified atom stereocenters. The van der Waals surface area contributed by atoms with Gasteiger partial charge in [-0.2, -0.15) is 0 Å². The molecule has 1 amide bonds. The quantitative estimate of drug-likeness (QED) is 0.417. The molecule has 0 aliphatic heterocycles. The Balaban J connectivity index is 3.56. The molecule has 0 radical (unpaired) electrons. The standard InChI is InChI=1S/C9H18N2O2/c1-8(13)9(11-7-12)5-3-4-6-10-2/h7,9-10H,3-6H2,1-2H3,(H,11,12). The van der Waals surface area contributed by atoms with E-state index in [2.05, 4.69) is 10.6 Å². The van der Waals surface area contributed by atoms with E-state index >= 15 is 0 Å². The predicted octanol–water partition coefficient (Wildman–Crippen LogP) is 0.0797. The lowest BCUT2D eigenvalue weighted by Gasteiger charge is -2.11.